The van der Waals surface area contributed by atoms with Crippen molar-refractivity contribution in [2.45, 2.75) is 13.0 Å². The third-order valence-electron chi connectivity index (χ3n) is 3.45. The van der Waals surface area contributed by atoms with Crippen molar-refractivity contribution in [1.29, 1.82) is 0 Å². The second-order valence-corrected chi connectivity index (χ2v) is 6.90. The van der Waals surface area contributed by atoms with Crippen molar-refractivity contribution in [3.8, 4) is 0 Å². The van der Waals surface area contributed by atoms with E-state index < -0.39 is 16.1 Å². The monoisotopic (exact) mass is 284 g/mol. The summed E-state index contributed by atoms with van der Waals surface area (Å²) in [5.74, 6) is 0. The molecule has 1 fully saturated rings. The van der Waals surface area contributed by atoms with Crippen LogP contribution < -0.4 is 4.90 Å². The number of hydrogen-bond acceptors (Lipinski definition) is 4. The highest BCUT2D eigenvalue weighted by molar-refractivity contribution is 7.88. The lowest BCUT2D eigenvalue weighted by atomic mass is 10.1. The minimum absolute atomic E-state index is 0.462. The van der Waals surface area contributed by atoms with Crippen LogP contribution in [0.25, 0.3) is 0 Å². The Labute approximate surface area is 114 Å². The zero-order valence-corrected chi connectivity index (χ0v) is 12.1. The molecule has 1 saturated heterocycles. The van der Waals surface area contributed by atoms with Gasteiger partial charge in [0.2, 0.25) is 10.0 Å². The number of aliphatic hydroxyl groups excluding tert-OH is 1. The highest BCUT2D eigenvalue weighted by Gasteiger charge is 2.23. The molecule has 0 radical (unpaired) electrons. The Bertz CT molecular complexity index is 517. The first-order chi connectivity index (χ1) is 8.88. The molecule has 2 rings (SSSR count). The second-order valence-electron chi connectivity index (χ2n) is 4.92. The van der Waals surface area contributed by atoms with Gasteiger partial charge in [-0.25, -0.2) is 8.42 Å². The molecular formula is C13H20N2O3S. The third-order valence-corrected chi connectivity index (χ3v) is 4.75. The summed E-state index contributed by atoms with van der Waals surface area (Å²) in [7, 11) is -3.08. The van der Waals surface area contributed by atoms with Crippen LogP contribution >= 0.6 is 0 Å². The summed E-state index contributed by atoms with van der Waals surface area (Å²) in [6.45, 7) is 4.18. The Morgan fingerprint density at radius 1 is 1.11 bits per heavy atom. The lowest BCUT2D eigenvalue weighted by Gasteiger charge is -2.34. The van der Waals surface area contributed by atoms with E-state index in [0.29, 0.717) is 26.2 Å². The van der Waals surface area contributed by atoms with Gasteiger partial charge < -0.3 is 10.0 Å². The van der Waals surface area contributed by atoms with E-state index in [-0.39, 0.29) is 0 Å². The van der Waals surface area contributed by atoms with Gasteiger partial charge in [0.05, 0.1) is 12.4 Å². The van der Waals surface area contributed by atoms with Crippen LogP contribution in [0.2, 0.25) is 0 Å². The SMILES string of the molecule is C[C@H](O)c1ccc(N2CCN(S(C)(=O)=O)CC2)cc1. The van der Waals surface area contributed by atoms with Crippen LogP contribution in [0.1, 0.15) is 18.6 Å². The van der Waals surface area contributed by atoms with Crippen LogP contribution in [0.15, 0.2) is 24.3 Å². The van der Waals surface area contributed by atoms with E-state index >= 15 is 0 Å². The highest BCUT2D eigenvalue weighted by atomic mass is 32.2. The normalized spacial score (nSPS) is 19.4. The lowest BCUT2D eigenvalue weighted by Crippen LogP contribution is -2.48. The third kappa shape index (κ3) is 3.46. The van der Waals surface area contributed by atoms with Gasteiger partial charge >= 0.3 is 0 Å². The van der Waals surface area contributed by atoms with E-state index in [1.54, 1.807) is 6.92 Å². The molecule has 19 heavy (non-hydrogen) atoms. The van der Waals surface area contributed by atoms with Crippen molar-refractivity contribution < 1.29 is 13.5 Å². The van der Waals surface area contributed by atoms with Crippen LogP contribution in [0.4, 0.5) is 5.69 Å². The fourth-order valence-electron chi connectivity index (χ4n) is 2.24. The molecule has 1 N–H and O–H groups in total. The Hall–Kier alpha value is -1.11. The Morgan fingerprint density at radius 2 is 1.63 bits per heavy atom. The van der Waals surface area contributed by atoms with Gasteiger partial charge in [0.25, 0.3) is 0 Å². The predicted molar refractivity (Wildman–Crippen MR) is 75.7 cm³/mol. The van der Waals surface area contributed by atoms with Crippen molar-refractivity contribution in [3.05, 3.63) is 29.8 Å². The van der Waals surface area contributed by atoms with Crippen LogP contribution in [0.5, 0.6) is 0 Å². The fraction of sp³-hybridized carbons (Fsp3) is 0.538. The van der Waals surface area contributed by atoms with Crippen LogP contribution in [-0.4, -0.2) is 50.3 Å². The van der Waals surface area contributed by atoms with E-state index in [9.17, 15) is 13.5 Å². The molecule has 5 nitrogen and oxygen atoms in total. The number of piperazine rings is 1. The lowest BCUT2D eigenvalue weighted by molar-refractivity contribution is 0.199. The van der Waals surface area contributed by atoms with Gasteiger partial charge in [-0.15, -0.1) is 0 Å². The van der Waals surface area contributed by atoms with Crippen molar-refractivity contribution in [1.82, 2.24) is 4.31 Å². The summed E-state index contributed by atoms with van der Waals surface area (Å²) in [6, 6.07) is 7.75. The maximum Gasteiger partial charge on any atom is 0.211 e. The van der Waals surface area contributed by atoms with Crippen LogP contribution in [-0.2, 0) is 10.0 Å². The number of rotatable bonds is 3. The average Bonchev–Trinajstić information content (AvgIpc) is 2.38. The minimum atomic E-state index is -3.08. The molecule has 0 bridgehead atoms. The molecule has 1 atom stereocenters. The molecule has 1 aliphatic heterocycles. The van der Waals surface area contributed by atoms with Gasteiger partial charge in [0.1, 0.15) is 0 Å². The van der Waals surface area contributed by atoms with E-state index in [2.05, 4.69) is 4.90 Å². The molecule has 0 saturated carbocycles. The van der Waals surface area contributed by atoms with E-state index in [1.807, 2.05) is 24.3 Å². The number of aliphatic hydroxyl groups is 1. The number of hydrogen-bond donors (Lipinski definition) is 1. The molecular weight excluding hydrogens is 264 g/mol. The molecule has 0 amide bonds. The molecule has 0 unspecified atom stereocenters. The number of nitrogens with zero attached hydrogens (tertiary/aromatic N) is 2. The molecule has 1 heterocycles. The van der Waals surface area contributed by atoms with E-state index in [0.717, 1.165) is 11.3 Å². The number of sulfonamides is 1. The van der Waals surface area contributed by atoms with E-state index in [1.165, 1.54) is 10.6 Å². The minimum Gasteiger partial charge on any atom is -0.389 e. The zero-order valence-electron chi connectivity index (χ0n) is 11.3. The van der Waals surface area contributed by atoms with Gasteiger partial charge in [0, 0.05) is 31.9 Å². The quantitative estimate of drug-likeness (QED) is 0.893. The topological polar surface area (TPSA) is 60.9 Å². The van der Waals surface area contributed by atoms with Crippen LogP contribution in [0.3, 0.4) is 0 Å². The molecule has 6 heteroatoms. The van der Waals surface area contributed by atoms with Gasteiger partial charge in [-0.3, -0.25) is 0 Å². The molecule has 0 spiro atoms. The molecule has 1 aromatic carbocycles. The first kappa shape index (κ1) is 14.3. The molecule has 106 valence electrons. The summed E-state index contributed by atoms with van der Waals surface area (Å²) in [6.07, 6.45) is 0.788. The first-order valence-electron chi connectivity index (χ1n) is 6.36. The molecule has 1 aromatic rings. The number of benzene rings is 1. The zero-order chi connectivity index (χ0) is 14.0. The maximum absolute atomic E-state index is 11.4. The largest absolute Gasteiger partial charge is 0.389 e. The predicted octanol–water partition coefficient (Wildman–Crippen LogP) is 0.821. The molecule has 0 aliphatic carbocycles. The van der Waals surface area contributed by atoms with Gasteiger partial charge in [0.15, 0.2) is 0 Å². The van der Waals surface area contributed by atoms with Crippen molar-refractivity contribution in [2.75, 3.05) is 37.3 Å². The first-order valence-corrected chi connectivity index (χ1v) is 8.21. The van der Waals surface area contributed by atoms with Crippen molar-refractivity contribution in [3.63, 3.8) is 0 Å². The summed E-state index contributed by atoms with van der Waals surface area (Å²) in [5.41, 5.74) is 1.95. The van der Waals surface area contributed by atoms with Gasteiger partial charge in [-0.1, -0.05) is 12.1 Å². The van der Waals surface area contributed by atoms with Gasteiger partial charge in [-0.2, -0.15) is 4.31 Å². The standard InChI is InChI=1S/C13H20N2O3S/c1-11(16)12-3-5-13(6-4-12)14-7-9-15(10-8-14)19(2,17)18/h3-6,11,16H,7-10H2,1-2H3/t11-/m0/s1. The molecule has 0 aromatic heterocycles. The Morgan fingerprint density at radius 3 is 2.05 bits per heavy atom. The highest BCUT2D eigenvalue weighted by Crippen LogP contribution is 2.20. The Kier molecular flexibility index (Phi) is 4.13. The smallest absolute Gasteiger partial charge is 0.211 e. The maximum atomic E-state index is 11.4. The van der Waals surface area contributed by atoms with Gasteiger partial charge in [-0.05, 0) is 24.6 Å². The Balaban J connectivity index is 2.02. The summed E-state index contributed by atoms with van der Waals surface area (Å²) in [4.78, 5) is 2.16. The number of anilines is 1. The van der Waals surface area contributed by atoms with Crippen LogP contribution in [0, 0.1) is 0 Å². The fourth-order valence-corrected chi connectivity index (χ4v) is 3.07. The van der Waals surface area contributed by atoms with Crippen molar-refractivity contribution in [2.24, 2.45) is 0 Å². The summed E-state index contributed by atoms with van der Waals surface area (Å²) < 4.78 is 24.4. The second kappa shape index (κ2) is 5.48. The average molecular weight is 284 g/mol. The molecule has 1 aliphatic rings. The van der Waals surface area contributed by atoms with Crippen molar-refractivity contribution >= 4 is 15.7 Å². The van der Waals surface area contributed by atoms with E-state index in [4.69, 9.17) is 0 Å². The summed E-state index contributed by atoms with van der Waals surface area (Å²) in [5, 5.41) is 9.46. The summed E-state index contributed by atoms with van der Waals surface area (Å²) >= 11 is 0.